The molecule has 0 heterocycles. The molecule has 0 aromatic heterocycles. The van der Waals surface area contributed by atoms with E-state index >= 15 is 0 Å². The Hall–Kier alpha value is -1.41. The summed E-state index contributed by atoms with van der Waals surface area (Å²) in [4.78, 5) is 0. The highest BCUT2D eigenvalue weighted by Gasteiger charge is 2.09. The van der Waals surface area contributed by atoms with Crippen LogP contribution in [0.15, 0.2) is 42.5 Å². The molecular formula is C13H9ClF2. The van der Waals surface area contributed by atoms with E-state index in [1.54, 1.807) is 24.3 Å². The summed E-state index contributed by atoms with van der Waals surface area (Å²) >= 11 is 5.69. The van der Waals surface area contributed by atoms with Crippen LogP contribution in [0.1, 0.15) is 5.56 Å². The summed E-state index contributed by atoms with van der Waals surface area (Å²) < 4.78 is 26.5. The van der Waals surface area contributed by atoms with E-state index in [1.807, 2.05) is 0 Å². The predicted molar refractivity (Wildman–Crippen MR) is 61.4 cm³/mol. The van der Waals surface area contributed by atoms with E-state index in [1.165, 1.54) is 18.2 Å². The lowest BCUT2D eigenvalue weighted by Crippen LogP contribution is -1.91. The van der Waals surface area contributed by atoms with Crippen LogP contribution in [0.5, 0.6) is 0 Å². The lowest BCUT2D eigenvalue weighted by molar-refractivity contribution is 0.617. The minimum atomic E-state index is -0.364. The van der Waals surface area contributed by atoms with E-state index in [-0.39, 0.29) is 17.5 Å². The van der Waals surface area contributed by atoms with Crippen molar-refractivity contribution in [2.24, 2.45) is 0 Å². The molecule has 0 nitrogen and oxygen atoms in total. The number of hydrogen-bond acceptors (Lipinski definition) is 0. The molecule has 0 saturated heterocycles. The molecule has 0 unspecified atom stereocenters. The van der Waals surface area contributed by atoms with Crippen LogP contribution < -0.4 is 0 Å². The van der Waals surface area contributed by atoms with Crippen LogP contribution in [-0.4, -0.2) is 0 Å². The molecule has 0 bridgehead atoms. The Morgan fingerprint density at radius 1 is 1.00 bits per heavy atom. The van der Waals surface area contributed by atoms with Crippen LogP contribution in [0, 0.1) is 11.6 Å². The lowest BCUT2D eigenvalue weighted by atomic mass is 10.0. The van der Waals surface area contributed by atoms with E-state index < -0.39 is 0 Å². The number of alkyl halides is 1. The van der Waals surface area contributed by atoms with Gasteiger partial charge in [0, 0.05) is 5.56 Å². The topological polar surface area (TPSA) is 0 Å². The SMILES string of the molecule is Fc1cccc(-c2cccc(F)c2CCl)c1. The first-order valence-corrected chi connectivity index (χ1v) is 5.35. The average molecular weight is 239 g/mol. The van der Waals surface area contributed by atoms with Gasteiger partial charge in [-0.2, -0.15) is 0 Å². The molecule has 0 saturated carbocycles. The third-order valence-corrected chi connectivity index (χ3v) is 2.66. The van der Waals surface area contributed by atoms with Gasteiger partial charge in [0.05, 0.1) is 5.88 Å². The molecule has 2 aromatic carbocycles. The Morgan fingerprint density at radius 3 is 2.44 bits per heavy atom. The molecule has 2 rings (SSSR count). The highest BCUT2D eigenvalue weighted by molar-refractivity contribution is 6.17. The molecule has 0 radical (unpaired) electrons. The van der Waals surface area contributed by atoms with Crippen molar-refractivity contribution in [2.45, 2.75) is 5.88 Å². The molecule has 3 heteroatoms. The molecule has 0 atom stereocenters. The normalized spacial score (nSPS) is 10.4. The van der Waals surface area contributed by atoms with Crippen molar-refractivity contribution in [3.8, 4) is 11.1 Å². The largest absolute Gasteiger partial charge is 0.207 e. The zero-order valence-corrected chi connectivity index (χ0v) is 9.14. The maximum atomic E-state index is 13.5. The molecule has 0 N–H and O–H groups in total. The fraction of sp³-hybridized carbons (Fsp3) is 0.0769. The summed E-state index contributed by atoms with van der Waals surface area (Å²) in [7, 11) is 0. The van der Waals surface area contributed by atoms with Crippen LogP contribution in [0.25, 0.3) is 11.1 Å². The van der Waals surface area contributed by atoms with Gasteiger partial charge in [0.1, 0.15) is 11.6 Å². The molecule has 0 amide bonds. The summed E-state index contributed by atoms with van der Waals surface area (Å²) in [6, 6.07) is 10.7. The molecule has 0 aliphatic rings. The standard InChI is InChI=1S/C13H9ClF2/c14-8-12-11(5-2-6-13(12)16)9-3-1-4-10(15)7-9/h1-7H,8H2. The number of halogens is 3. The molecule has 0 aliphatic carbocycles. The Labute approximate surface area is 97.5 Å². The van der Waals surface area contributed by atoms with Crippen molar-refractivity contribution in [1.82, 2.24) is 0 Å². The second-order valence-corrected chi connectivity index (χ2v) is 3.68. The fourth-order valence-electron chi connectivity index (χ4n) is 1.62. The van der Waals surface area contributed by atoms with Gasteiger partial charge in [-0.3, -0.25) is 0 Å². The zero-order valence-electron chi connectivity index (χ0n) is 8.38. The van der Waals surface area contributed by atoms with Crippen molar-refractivity contribution >= 4 is 11.6 Å². The number of hydrogen-bond donors (Lipinski definition) is 0. The Balaban J connectivity index is 2.60. The monoisotopic (exact) mass is 238 g/mol. The minimum Gasteiger partial charge on any atom is -0.207 e. The summed E-state index contributed by atoms with van der Waals surface area (Å²) in [5, 5.41) is 0. The first-order chi connectivity index (χ1) is 7.72. The fourth-order valence-corrected chi connectivity index (χ4v) is 1.89. The lowest BCUT2D eigenvalue weighted by Gasteiger charge is -2.08. The zero-order chi connectivity index (χ0) is 11.5. The predicted octanol–water partition coefficient (Wildman–Crippen LogP) is 4.37. The summed E-state index contributed by atoms with van der Waals surface area (Å²) in [6.45, 7) is 0. The smallest absolute Gasteiger partial charge is 0.128 e. The third-order valence-electron chi connectivity index (χ3n) is 2.39. The van der Waals surface area contributed by atoms with E-state index in [9.17, 15) is 8.78 Å². The van der Waals surface area contributed by atoms with Gasteiger partial charge in [-0.1, -0.05) is 24.3 Å². The van der Waals surface area contributed by atoms with Crippen LogP contribution in [-0.2, 0) is 5.88 Å². The van der Waals surface area contributed by atoms with Gasteiger partial charge >= 0.3 is 0 Å². The van der Waals surface area contributed by atoms with E-state index in [2.05, 4.69) is 0 Å². The Morgan fingerprint density at radius 2 is 1.75 bits per heavy atom. The van der Waals surface area contributed by atoms with Gasteiger partial charge in [0.15, 0.2) is 0 Å². The van der Waals surface area contributed by atoms with Crippen molar-refractivity contribution < 1.29 is 8.78 Å². The first-order valence-electron chi connectivity index (χ1n) is 4.81. The Bertz CT molecular complexity index is 509. The summed E-state index contributed by atoms with van der Waals surface area (Å²) in [5.74, 6) is -0.641. The number of rotatable bonds is 2. The maximum absolute atomic E-state index is 13.5. The van der Waals surface area contributed by atoms with Gasteiger partial charge in [0.2, 0.25) is 0 Å². The van der Waals surface area contributed by atoms with Crippen LogP contribution >= 0.6 is 11.6 Å². The molecule has 0 spiro atoms. The van der Waals surface area contributed by atoms with Gasteiger partial charge in [-0.15, -0.1) is 11.6 Å². The second kappa shape index (κ2) is 4.62. The van der Waals surface area contributed by atoms with Gasteiger partial charge in [-0.25, -0.2) is 8.78 Å². The van der Waals surface area contributed by atoms with Crippen LogP contribution in [0.2, 0.25) is 0 Å². The van der Waals surface area contributed by atoms with Crippen molar-refractivity contribution in [3.05, 3.63) is 59.7 Å². The molecule has 82 valence electrons. The number of benzene rings is 2. The Kier molecular flexibility index (Phi) is 3.20. The van der Waals surface area contributed by atoms with E-state index in [0.717, 1.165) is 0 Å². The first kappa shape index (κ1) is 11.1. The van der Waals surface area contributed by atoms with E-state index in [4.69, 9.17) is 11.6 Å². The van der Waals surface area contributed by atoms with Gasteiger partial charge in [0.25, 0.3) is 0 Å². The van der Waals surface area contributed by atoms with Gasteiger partial charge in [-0.05, 0) is 29.3 Å². The maximum Gasteiger partial charge on any atom is 0.128 e. The molecular weight excluding hydrogens is 230 g/mol. The highest BCUT2D eigenvalue weighted by Crippen LogP contribution is 2.27. The second-order valence-electron chi connectivity index (χ2n) is 3.41. The van der Waals surface area contributed by atoms with E-state index in [0.29, 0.717) is 16.7 Å². The van der Waals surface area contributed by atoms with Crippen LogP contribution in [0.4, 0.5) is 8.78 Å². The molecule has 0 aliphatic heterocycles. The van der Waals surface area contributed by atoms with Crippen molar-refractivity contribution in [1.29, 1.82) is 0 Å². The minimum absolute atomic E-state index is 0.0680. The quantitative estimate of drug-likeness (QED) is 0.682. The average Bonchev–Trinajstić information content (AvgIpc) is 2.28. The van der Waals surface area contributed by atoms with Gasteiger partial charge < -0.3 is 0 Å². The highest BCUT2D eigenvalue weighted by atomic mass is 35.5. The molecule has 0 fully saturated rings. The third kappa shape index (κ3) is 2.07. The summed E-state index contributed by atoms with van der Waals surface area (Å²) in [6.07, 6.45) is 0. The van der Waals surface area contributed by atoms with Crippen molar-refractivity contribution in [2.75, 3.05) is 0 Å². The molecule has 16 heavy (non-hydrogen) atoms. The molecule has 2 aromatic rings. The van der Waals surface area contributed by atoms with Crippen molar-refractivity contribution in [3.63, 3.8) is 0 Å². The van der Waals surface area contributed by atoms with Crippen LogP contribution in [0.3, 0.4) is 0 Å². The summed E-state index contributed by atoms with van der Waals surface area (Å²) in [5.41, 5.74) is 1.67.